The molecular formula is C18H14BrFO3. The van der Waals surface area contributed by atoms with Crippen LogP contribution in [0, 0.1) is 5.82 Å². The normalized spacial score (nSPS) is 12.8. The first-order valence-corrected chi connectivity index (χ1v) is 8.11. The predicted molar refractivity (Wildman–Crippen MR) is 87.2 cm³/mol. The van der Waals surface area contributed by atoms with Crippen molar-refractivity contribution in [2.45, 2.75) is 19.3 Å². The molecule has 0 N–H and O–H groups in total. The van der Waals surface area contributed by atoms with Crippen molar-refractivity contribution < 1.29 is 18.7 Å². The number of esters is 1. The van der Waals surface area contributed by atoms with Crippen LogP contribution in [0.1, 0.15) is 38.3 Å². The van der Waals surface area contributed by atoms with E-state index in [9.17, 15) is 14.0 Å². The first-order chi connectivity index (χ1) is 11.0. The molecule has 2 aromatic rings. The fourth-order valence-corrected chi connectivity index (χ4v) is 3.21. The highest BCUT2D eigenvalue weighted by Crippen LogP contribution is 2.23. The molecule has 0 unspecified atom stereocenters. The summed E-state index contributed by atoms with van der Waals surface area (Å²) >= 11 is 3.11. The van der Waals surface area contributed by atoms with Gasteiger partial charge in [-0.2, -0.15) is 0 Å². The van der Waals surface area contributed by atoms with Crippen molar-refractivity contribution in [3.63, 3.8) is 0 Å². The maximum absolute atomic E-state index is 13.0. The van der Waals surface area contributed by atoms with Gasteiger partial charge in [-0.3, -0.25) is 4.79 Å². The minimum atomic E-state index is -0.661. The van der Waals surface area contributed by atoms with Crippen LogP contribution in [0.2, 0.25) is 0 Å². The SMILES string of the molecule is O=C(COC(=O)c1ccc(F)cc1Br)c1ccc2c(c1)CCC2. The zero-order valence-corrected chi connectivity index (χ0v) is 13.9. The van der Waals surface area contributed by atoms with Gasteiger partial charge in [0, 0.05) is 10.0 Å². The Morgan fingerprint density at radius 1 is 1.09 bits per heavy atom. The minimum Gasteiger partial charge on any atom is -0.454 e. The first-order valence-electron chi connectivity index (χ1n) is 7.32. The van der Waals surface area contributed by atoms with E-state index in [0.717, 1.165) is 19.3 Å². The summed E-state index contributed by atoms with van der Waals surface area (Å²) in [6, 6.07) is 9.29. The first kappa shape index (κ1) is 15.9. The molecule has 3 nitrogen and oxygen atoms in total. The summed E-state index contributed by atoms with van der Waals surface area (Å²) in [6.07, 6.45) is 3.15. The van der Waals surface area contributed by atoms with Gasteiger partial charge in [0.05, 0.1) is 5.56 Å². The van der Waals surface area contributed by atoms with Crippen LogP contribution in [-0.4, -0.2) is 18.4 Å². The second-order valence-corrected chi connectivity index (χ2v) is 6.31. The number of ether oxygens (including phenoxy) is 1. The molecule has 0 heterocycles. The second kappa shape index (κ2) is 6.62. The molecule has 2 aromatic carbocycles. The number of Topliss-reactive ketones (excluding diaryl/α,β-unsaturated/α-hetero) is 1. The van der Waals surface area contributed by atoms with Crippen LogP contribution in [0.3, 0.4) is 0 Å². The molecule has 3 rings (SSSR count). The van der Waals surface area contributed by atoms with Crippen molar-refractivity contribution >= 4 is 27.7 Å². The molecule has 0 saturated carbocycles. The lowest BCUT2D eigenvalue weighted by Gasteiger charge is -2.07. The molecule has 0 atom stereocenters. The zero-order valence-electron chi connectivity index (χ0n) is 12.3. The van der Waals surface area contributed by atoms with E-state index in [0.29, 0.717) is 10.0 Å². The van der Waals surface area contributed by atoms with Gasteiger partial charge in [-0.15, -0.1) is 0 Å². The van der Waals surface area contributed by atoms with E-state index < -0.39 is 11.8 Å². The van der Waals surface area contributed by atoms with E-state index in [1.165, 1.54) is 29.3 Å². The summed E-state index contributed by atoms with van der Waals surface area (Å²) < 4.78 is 18.4. The van der Waals surface area contributed by atoms with Gasteiger partial charge in [0.25, 0.3) is 0 Å². The fraction of sp³-hybridized carbons (Fsp3) is 0.222. The Morgan fingerprint density at radius 3 is 2.65 bits per heavy atom. The topological polar surface area (TPSA) is 43.4 Å². The Morgan fingerprint density at radius 2 is 1.87 bits per heavy atom. The maximum atomic E-state index is 13.0. The average Bonchev–Trinajstić information content (AvgIpc) is 2.99. The quantitative estimate of drug-likeness (QED) is 0.595. The molecule has 0 bridgehead atoms. The average molecular weight is 377 g/mol. The number of benzene rings is 2. The van der Waals surface area contributed by atoms with Gasteiger partial charge in [0.15, 0.2) is 12.4 Å². The molecule has 0 radical (unpaired) electrons. The van der Waals surface area contributed by atoms with E-state index in [-0.39, 0.29) is 18.0 Å². The molecule has 0 aliphatic heterocycles. The lowest BCUT2D eigenvalue weighted by Crippen LogP contribution is -2.15. The fourth-order valence-electron chi connectivity index (χ4n) is 2.69. The third kappa shape index (κ3) is 3.50. The molecule has 118 valence electrons. The van der Waals surface area contributed by atoms with Crippen molar-refractivity contribution in [3.8, 4) is 0 Å². The van der Waals surface area contributed by atoms with Gasteiger partial charge in [-0.1, -0.05) is 12.1 Å². The molecule has 23 heavy (non-hydrogen) atoms. The monoisotopic (exact) mass is 376 g/mol. The second-order valence-electron chi connectivity index (χ2n) is 5.46. The molecule has 0 amide bonds. The van der Waals surface area contributed by atoms with Gasteiger partial charge in [0.1, 0.15) is 5.82 Å². The predicted octanol–water partition coefficient (Wildman–Crippen LogP) is 4.12. The number of ketones is 1. The molecular weight excluding hydrogens is 363 g/mol. The molecule has 0 saturated heterocycles. The van der Waals surface area contributed by atoms with Gasteiger partial charge >= 0.3 is 5.97 Å². The van der Waals surface area contributed by atoms with Crippen LogP contribution in [0.5, 0.6) is 0 Å². The highest BCUT2D eigenvalue weighted by Gasteiger charge is 2.17. The Hall–Kier alpha value is -2.01. The number of hydrogen-bond acceptors (Lipinski definition) is 3. The third-order valence-electron chi connectivity index (χ3n) is 3.91. The number of carbonyl (C=O) groups excluding carboxylic acids is 2. The summed E-state index contributed by atoms with van der Waals surface area (Å²) in [5, 5.41) is 0. The summed E-state index contributed by atoms with van der Waals surface area (Å²) in [5.41, 5.74) is 3.22. The van der Waals surface area contributed by atoms with Crippen molar-refractivity contribution in [1.82, 2.24) is 0 Å². The standard InChI is InChI=1S/C18H14BrFO3/c19-16-9-14(20)6-7-15(16)18(22)23-10-17(21)13-5-4-11-2-1-3-12(11)8-13/h4-9H,1-3,10H2. The van der Waals surface area contributed by atoms with Crippen LogP contribution in [0.4, 0.5) is 4.39 Å². The largest absolute Gasteiger partial charge is 0.454 e. The highest BCUT2D eigenvalue weighted by molar-refractivity contribution is 9.10. The number of fused-ring (bicyclic) bond motifs is 1. The minimum absolute atomic E-state index is 0.188. The van der Waals surface area contributed by atoms with Crippen LogP contribution in [0.15, 0.2) is 40.9 Å². The van der Waals surface area contributed by atoms with Crippen LogP contribution < -0.4 is 0 Å². The Bertz CT molecular complexity index is 786. The van der Waals surface area contributed by atoms with Crippen molar-refractivity contribution in [2.24, 2.45) is 0 Å². The molecule has 1 aliphatic carbocycles. The molecule has 0 aromatic heterocycles. The van der Waals surface area contributed by atoms with E-state index in [1.807, 2.05) is 12.1 Å². The lowest BCUT2D eigenvalue weighted by atomic mass is 10.0. The van der Waals surface area contributed by atoms with Gasteiger partial charge in [-0.05, 0) is 70.6 Å². The third-order valence-corrected chi connectivity index (χ3v) is 4.56. The summed E-state index contributed by atoms with van der Waals surface area (Å²) in [7, 11) is 0. The number of rotatable bonds is 4. The summed E-state index contributed by atoms with van der Waals surface area (Å²) in [4.78, 5) is 24.1. The maximum Gasteiger partial charge on any atom is 0.339 e. The van der Waals surface area contributed by atoms with Crippen molar-refractivity contribution in [1.29, 1.82) is 0 Å². The van der Waals surface area contributed by atoms with E-state index in [4.69, 9.17) is 4.74 Å². The van der Waals surface area contributed by atoms with Gasteiger partial charge in [-0.25, -0.2) is 9.18 Å². The molecule has 0 spiro atoms. The molecule has 1 aliphatic rings. The highest BCUT2D eigenvalue weighted by atomic mass is 79.9. The van der Waals surface area contributed by atoms with Crippen LogP contribution in [-0.2, 0) is 17.6 Å². The summed E-state index contributed by atoms with van der Waals surface area (Å²) in [5.74, 6) is -1.36. The Labute approximate surface area is 141 Å². The lowest BCUT2D eigenvalue weighted by molar-refractivity contribution is 0.0473. The van der Waals surface area contributed by atoms with E-state index >= 15 is 0 Å². The van der Waals surface area contributed by atoms with Crippen LogP contribution in [0.25, 0.3) is 0 Å². The smallest absolute Gasteiger partial charge is 0.339 e. The molecule has 0 fully saturated rings. The van der Waals surface area contributed by atoms with E-state index in [2.05, 4.69) is 15.9 Å². The number of hydrogen-bond donors (Lipinski definition) is 0. The zero-order chi connectivity index (χ0) is 16.4. The van der Waals surface area contributed by atoms with Crippen molar-refractivity contribution in [2.75, 3.05) is 6.61 Å². The van der Waals surface area contributed by atoms with E-state index in [1.54, 1.807) is 6.07 Å². The van der Waals surface area contributed by atoms with Crippen LogP contribution >= 0.6 is 15.9 Å². The number of halogens is 2. The van der Waals surface area contributed by atoms with Gasteiger partial charge in [0.2, 0.25) is 0 Å². The summed E-state index contributed by atoms with van der Waals surface area (Å²) in [6.45, 7) is -0.332. The van der Waals surface area contributed by atoms with Crippen molar-refractivity contribution in [3.05, 3.63) is 68.9 Å². The number of aryl methyl sites for hydroxylation is 2. The Kier molecular flexibility index (Phi) is 4.57. The molecule has 5 heteroatoms. The number of carbonyl (C=O) groups is 2. The Balaban J connectivity index is 1.65. The van der Waals surface area contributed by atoms with Gasteiger partial charge < -0.3 is 4.74 Å².